The van der Waals surface area contributed by atoms with Gasteiger partial charge in [-0.3, -0.25) is 4.79 Å². The number of H-pyrrole nitrogens is 1. The van der Waals surface area contributed by atoms with E-state index in [0.29, 0.717) is 6.04 Å². The predicted octanol–water partition coefficient (Wildman–Crippen LogP) is 3.50. The van der Waals surface area contributed by atoms with Crippen LogP contribution >= 0.6 is 15.9 Å². The highest BCUT2D eigenvalue weighted by atomic mass is 79.9. The van der Waals surface area contributed by atoms with Crippen LogP contribution in [0.15, 0.2) is 16.9 Å². The lowest BCUT2D eigenvalue weighted by atomic mass is 10.0. The van der Waals surface area contributed by atoms with E-state index < -0.39 is 0 Å². The van der Waals surface area contributed by atoms with Crippen molar-refractivity contribution >= 4 is 44.2 Å². The normalized spacial score (nSPS) is 18.1. The molecule has 1 fully saturated rings. The lowest BCUT2D eigenvalue weighted by Crippen LogP contribution is -2.45. The van der Waals surface area contributed by atoms with Gasteiger partial charge in [0.15, 0.2) is 0 Å². The van der Waals surface area contributed by atoms with Gasteiger partial charge in [-0.2, -0.15) is 0 Å². The molecule has 136 valence electrons. The molecule has 0 radical (unpaired) electrons. The number of likely N-dealkylation sites (N-methyl/N-ethyl adjacent to an activating group) is 1. The van der Waals surface area contributed by atoms with Gasteiger partial charge in [-0.05, 0) is 35.3 Å². The Hall–Kier alpha value is -1.60. The summed E-state index contributed by atoms with van der Waals surface area (Å²) in [6, 6.07) is 0.488. The van der Waals surface area contributed by atoms with Crippen molar-refractivity contribution in [2.45, 2.75) is 39.7 Å². The van der Waals surface area contributed by atoms with Crippen LogP contribution in [0.25, 0.3) is 11.0 Å². The number of halogens is 1. The monoisotopic (exact) mass is 407 g/mol. The summed E-state index contributed by atoms with van der Waals surface area (Å²) in [7, 11) is 0. The van der Waals surface area contributed by atoms with Crippen molar-refractivity contribution in [1.29, 1.82) is 0 Å². The third kappa shape index (κ3) is 3.82. The zero-order chi connectivity index (χ0) is 18.0. The molecule has 3 N–H and O–H groups in total. The summed E-state index contributed by atoms with van der Waals surface area (Å²) in [4.78, 5) is 22.2. The fourth-order valence-electron chi connectivity index (χ4n) is 3.38. The van der Waals surface area contributed by atoms with Gasteiger partial charge in [0.25, 0.3) is 0 Å². The average molecular weight is 408 g/mol. The number of fused-ring (bicyclic) bond motifs is 1. The van der Waals surface area contributed by atoms with E-state index in [2.05, 4.69) is 48.4 Å². The van der Waals surface area contributed by atoms with Gasteiger partial charge in [-0.1, -0.05) is 20.8 Å². The first kappa shape index (κ1) is 18.2. The maximum Gasteiger partial charge on any atom is 0.226 e. The topological polar surface area (TPSA) is 73.1 Å². The summed E-state index contributed by atoms with van der Waals surface area (Å²) in [5.74, 6) is -0.0578. The van der Waals surface area contributed by atoms with Crippen molar-refractivity contribution in [2.75, 3.05) is 29.9 Å². The molecule has 0 aliphatic carbocycles. The van der Waals surface area contributed by atoms with E-state index in [9.17, 15) is 4.79 Å². The molecule has 25 heavy (non-hydrogen) atoms. The maximum absolute atomic E-state index is 12.2. The molecule has 0 aromatic carbocycles. The number of pyridine rings is 1. The number of hydrogen-bond donors (Lipinski definition) is 3. The molecule has 0 spiro atoms. The Labute approximate surface area is 156 Å². The van der Waals surface area contributed by atoms with Crippen LogP contribution in [0.4, 0.5) is 11.4 Å². The van der Waals surface area contributed by atoms with Crippen molar-refractivity contribution in [2.24, 2.45) is 5.92 Å². The molecule has 1 saturated heterocycles. The van der Waals surface area contributed by atoms with Crippen molar-refractivity contribution < 1.29 is 4.79 Å². The van der Waals surface area contributed by atoms with E-state index >= 15 is 0 Å². The molecule has 2 aromatic heterocycles. The zero-order valence-electron chi connectivity index (χ0n) is 15.0. The lowest BCUT2D eigenvalue weighted by molar-refractivity contribution is -0.118. The first-order chi connectivity index (χ1) is 12.0. The van der Waals surface area contributed by atoms with E-state index in [1.54, 1.807) is 0 Å². The van der Waals surface area contributed by atoms with Crippen LogP contribution in [-0.4, -0.2) is 41.6 Å². The van der Waals surface area contributed by atoms with Gasteiger partial charge in [0.1, 0.15) is 5.65 Å². The SMILES string of the molecule is CCNC1CCCN(c2c(Br)cnc3[nH]cc(NC(=O)C(C)C)c23)C1. The minimum atomic E-state index is -0.0679. The maximum atomic E-state index is 12.2. The number of piperidine rings is 1. The number of aromatic nitrogens is 2. The Morgan fingerprint density at radius 3 is 3.04 bits per heavy atom. The minimum absolute atomic E-state index is 0.0102. The minimum Gasteiger partial charge on any atom is -0.368 e. The summed E-state index contributed by atoms with van der Waals surface area (Å²) >= 11 is 3.67. The highest BCUT2D eigenvalue weighted by Crippen LogP contribution is 2.39. The first-order valence-corrected chi connectivity index (χ1v) is 9.75. The molecule has 1 aliphatic rings. The van der Waals surface area contributed by atoms with Crippen molar-refractivity contribution in [1.82, 2.24) is 15.3 Å². The van der Waals surface area contributed by atoms with Crippen molar-refractivity contribution in [3.63, 3.8) is 0 Å². The fraction of sp³-hybridized carbons (Fsp3) is 0.556. The summed E-state index contributed by atoms with van der Waals surface area (Å²) in [5.41, 5.74) is 2.69. The number of nitrogens with one attached hydrogen (secondary N) is 3. The van der Waals surface area contributed by atoms with E-state index in [4.69, 9.17) is 0 Å². The van der Waals surface area contributed by atoms with Gasteiger partial charge in [-0.25, -0.2) is 4.98 Å². The molecule has 2 aromatic rings. The summed E-state index contributed by atoms with van der Waals surface area (Å²) < 4.78 is 0.955. The van der Waals surface area contributed by atoms with Crippen LogP contribution in [0.3, 0.4) is 0 Å². The highest BCUT2D eigenvalue weighted by Gasteiger charge is 2.25. The molecule has 7 heteroatoms. The first-order valence-electron chi connectivity index (χ1n) is 8.96. The standard InChI is InChI=1S/C18H26BrN5O/c1-4-20-12-6-5-7-24(10-12)16-13(19)8-21-17-15(16)14(9-22-17)23-18(25)11(2)3/h8-9,11-12,20H,4-7,10H2,1-3H3,(H,21,22)(H,23,25). The molecular formula is C18H26BrN5O. The summed E-state index contributed by atoms with van der Waals surface area (Å²) in [6.07, 6.45) is 6.00. The van der Waals surface area contributed by atoms with Crippen LogP contribution in [0.1, 0.15) is 33.6 Å². The fourth-order valence-corrected chi connectivity index (χ4v) is 3.93. The van der Waals surface area contributed by atoms with Crippen LogP contribution < -0.4 is 15.5 Å². The van der Waals surface area contributed by atoms with E-state index in [0.717, 1.165) is 52.9 Å². The lowest BCUT2D eigenvalue weighted by Gasteiger charge is -2.35. The third-order valence-corrected chi connectivity index (χ3v) is 5.22. The molecule has 0 bridgehead atoms. The van der Waals surface area contributed by atoms with Gasteiger partial charge in [0.2, 0.25) is 5.91 Å². The Bertz CT molecular complexity index is 755. The molecular weight excluding hydrogens is 382 g/mol. The Morgan fingerprint density at radius 1 is 1.52 bits per heavy atom. The second-order valence-electron chi connectivity index (χ2n) is 6.87. The number of aromatic amines is 1. The van der Waals surface area contributed by atoms with Gasteiger partial charge in [-0.15, -0.1) is 0 Å². The molecule has 3 heterocycles. The molecule has 1 aliphatic heterocycles. The Morgan fingerprint density at radius 2 is 2.32 bits per heavy atom. The van der Waals surface area contributed by atoms with Gasteiger partial charge < -0.3 is 20.5 Å². The molecule has 6 nitrogen and oxygen atoms in total. The zero-order valence-corrected chi connectivity index (χ0v) is 16.6. The molecule has 0 saturated carbocycles. The molecule has 1 amide bonds. The highest BCUT2D eigenvalue weighted by molar-refractivity contribution is 9.10. The van der Waals surface area contributed by atoms with Crippen LogP contribution in [0.5, 0.6) is 0 Å². The van der Waals surface area contributed by atoms with E-state index in [1.807, 2.05) is 26.2 Å². The summed E-state index contributed by atoms with van der Waals surface area (Å²) in [5, 5.41) is 7.56. The third-order valence-electron chi connectivity index (χ3n) is 4.64. The number of anilines is 2. The molecule has 1 unspecified atom stereocenters. The van der Waals surface area contributed by atoms with Crippen molar-refractivity contribution in [3.8, 4) is 0 Å². The van der Waals surface area contributed by atoms with Crippen LogP contribution in [-0.2, 0) is 4.79 Å². The smallest absolute Gasteiger partial charge is 0.226 e. The van der Waals surface area contributed by atoms with E-state index in [1.165, 1.54) is 6.42 Å². The largest absolute Gasteiger partial charge is 0.368 e. The Balaban J connectivity index is 2.00. The van der Waals surface area contributed by atoms with Gasteiger partial charge >= 0.3 is 0 Å². The van der Waals surface area contributed by atoms with Gasteiger partial charge in [0, 0.05) is 37.4 Å². The number of carbonyl (C=O) groups excluding carboxylic acids is 1. The van der Waals surface area contributed by atoms with Crippen LogP contribution in [0.2, 0.25) is 0 Å². The molecule has 1 atom stereocenters. The van der Waals surface area contributed by atoms with Crippen LogP contribution in [0, 0.1) is 5.92 Å². The number of rotatable bonds is 5. The average Bonchev–Trinajstić information content (AvgIpc) is 2.98. The number of hydrogen-bond acceptors (Lipinski definition) is 4. The number of amides is 1. The van der Waals surface area contributed by atoms with Crippen molar-refractivity contribution in [3.05, 3.63) is 16.9 Å². The Kier molecular flexibility index (Phi) is 5.64. The summed E-state index contributed by atoms with van der Waals surface area (Å²) in [6.45, 7) is 8.86. The predicted molar refractivity (Wildman–Crippen MR) is 106 cm³/mol. The van der Waals surface area contributed by atoms with Gasteiger partial charge in [0.05, 0.1) is 21.2 Å². The molecule has 3 rings (SSSR count). The second kappa shape index (κ2) is 7.74. The quantitative estimate of drug-likeness (QED) is 0.708. The second-order valence-corrected chi connectivity index (χ2v) is 7.72. The number of carbonyl (C=O) groups is 1. The van der Waals surface area contributed by atoms with E-state index in [-0.39, 0.29) is 11.8 Å². The number of nitrogens with zero attached hydrogens (tertiary/aromatic N) is 2.